The smallest absolute Gasteiger partial charge is 0.262 e. The van der Waals surface area contributed by atoms with E-state index in [-0.39, 0.29) is 30.5 Å². The van der Waals surface area contributed by atoms with Gasteiger partial charge in [-0.15, -0.1) is 0 Å². The number of benzene rings is 2. The summed E-state index contributed by atoms with van der Waals surface area (Å²) >= 11 is 0. The predicted molar refractivity (Wildman–Crippen MR) is 112 cm³/mol. The Morgan fingerprint density at radius 3 is 2.66 bits per heavy atom. The Hall–Kier alpha value is -3.06. The fraction of sp³-hybridized carbons (Fsp3) is 0.364. The van der Waals surface area contributed by atoms with Gasteiger partial charge < -0.3 is 25.4 Å². The van der Waals surface area contributed by atoms with Crippen LogP contribution in [-0.4, -0.2) is 44.2 Å². The van der Waals surface area contributed by atoms with Crippen LogP contribution in [0.15, 0.2) is 48.5 Å². The number of ether oxygens (including phenoxy) is 2. The maximum Gasteiger partial charge on any atom is 0.262 e. The molecule has 1 saturated heterocycles. The third-order valence-corrected chi connectivity index (χ3v) is 4.92. The molecule has 0 aromatic heterocycles. The van der Waals surface area contributed by atoms with Crippen LogP contribution in [0.2, 0.25) is 0 Å². The number of carbonyl (C=O) groups is 2. The minimum absolute atomic E-state index is 0.104. The van der Waals surface area contributed by atoms with Crippen molar-refractivity contribution in [1.82, 2.24) is 10.6 Å². The summed E-state index contributed by atoms with van der Waals surface area (Å²) in [6.45, 7) is 2.94. The molecular weight excluding hydrogens is 370 g/mol. The van der Waals surface area contributed by atoms with Crippen molar-refractivity contribution < 1.29 is 19.1 Å². The van der Waals surface area contributed by atoms with Gasteiger partial charge in [-0.05, 0) is 62.7 Å². The monoisotopic (exact) mass is 397 g/mol. The number of anilines is 1. The highest BCUT2D eigenvalue weighted by Gasteiger charge is 2.22. The first-order valence-corrected chi connectivity index (χ1v) is 9.76. The normalized spacial score (nSPS) is 18.6. The molecule has 1 aliphatic heterocycles. The van der Waals surface area contributed by atoms with Gasteiger partial charge in [0.05, 0.1) is 7.11 Å². The van der Waals surface area contributed by atoms with Gasteiger partial charge in [-0.3, -0.25) is 9.59 Å². The van der Waals surface area contributed by atoms with Crippen LogP contribution in [0.3, 0.4) is 0 Å². The lowest BCUT2D eigenvalue weighted by atomic mass is 9.99. The van der Waals surface area contributed by atoms with Gasteiger partial charge in [0.25, 0.3) is 11.8 Å². The van der Waals surface area contributed by atoms with Gasteiger partial charge >= 0.3 is 0 Å². The van der Waals surface area contributed by atoms with Crippen molar-refractivity contribution in [2.24, 2.45) is 0 Å². The first kappa shape index (κ1) is 20.7. The standard InChI is InChI=1S/C22H27N3O4/c1-15-20(7-4-12-23-15)25-22(27)16-8-10-18(11-9-16)29-14-21(26)24-17-5-3-6-19(13-17)28-2/h3,5-6,8-11,13,15,20,23H,4,7,12,14H2,1-2H3,(H,24,26)(H,25,27). The van der Waals surface area contributed by atoms with E-state index in [4.69, 9.17) is 9.47 Å². The summed E-state index contributed by atoms with van der Waals surface area (Å²) in [6, 6.07) is 14.3. The predicted octanol–water partition coefficient (Wildman–Crippen LogP) is 2.58. The van der Waals surface area contributed by atoms with Crippen molar-refractivity contribution in [1.29, 1.82) is 0 Å². The first-order chi connectivity index (χ1) is 14.0. The summed E-state index contributed by atoms with van der Waals surface area (Å²) < 4.78 is 10.6. The maximum atomic E-state index is 12.4. The van der Waals surface area contributed by atoms with E-state index >= 15 is 0 Å². The van der Waals surface area contributed by atoms with Crippen molar-refractivity contribution in [2.75, 3.05) is 25.6 Å². The number of carbonyl (C=O) groups excluding carboxylic acids is 2. The fourth-order valence-corrected chi connectivity index (χ4v) is 3.24. The number of piperidine rings is 1. The molecule has 0 spiro atoms. The van der Waals surface area contributed by atoms with Gasteiger partial charge in [-0.25, -0.2) is 0 Å². The molecule has 0 bridgehead atoms. The number of nitrogens with one attached hydrogen (secondary N) is 3. The van der Waals surface area contributed by atoms with Crippen LogP contribution < -0.4 is 25.4 Å². The second-order valence-electron chi connectivity index (χ2n) is 7.06. The summed E-state index contributed by atoms with van der Waals surface area (Å²) in [4.78, 5) is 24.5. The quantitative estimate of drug-likeness (QED) is 0.668. The summed E-state index contributed by atoms with van der Waals surface area (Å²) in [5.74, 6) is 0.803. The second kappa shape index (κ2) is 9.93. The van der Waals surface area contributed by atoms with Crippen LogP contribution in [0.1, 0.15) is 30.1 Å². The molecule has 1 fully saturated rings. The van der Waals surface area contributed by atoms with E-state index in [1.54, 1.807) is 55.6 Å². The lowest BCUT2D eigenvalue weighted by Gasteiger charge is -2.30. The molecule has 154 valence electrons. The minimum Gasteiger partial charge on any atom is -0.497 e. The molecule has 2 atom stereocenters. The van der Waals surface area contributed by atoms with Crippen LogP contribution >= 0.6 is 0 Å². The Kier molecular flexibility index (Phi) is 7.08. The van der Waals surface area contributed by atoms with E-state index in [0.717, 1.165) is 19.4 Å². The number of hydrogen-bond donors (Lipinski definition) is 3. The molecule has 2 aromatic carbocycles. The highest BCUT2D eigenvalue weighted by atomic mass is 16.5. The molecule has 3 N–H and O–H groups in total. The fourth-order valence-electron chi connectivity index (χ4n) is 3.24. The van der Waals surface area contributed by atoms with Crippen LogP contribution in [0.25, 0.3) is 0 Å². The van der Waals surface area contributed by atoms with Crippen molar-refractivity contribution in [2.45, 2.75) is 31.8 Å². The molecule has 2 unspecified atom stereocenters. The summed E-state index contributed by atoms with van der Waals surface area (Å²) in [7, 11) is 1.57. The average Bonchev–Trinajstić information content (AvgIpc) is 2.74. The van der Waals surface area contributed by atoms with Crippen LogP contribution in [0, 0.1) is 0 Å². The largest absolute Gasteiger partial charge is 0.497 e. The minimum atomic E-state index is -0.279. The van der Waals surface area contributed by atoms with E-state index in [0.29, 0.717) is 22.7 Å². The van der Waals surface area contributed by atoms with Crippen molar-refractivity contribution in [3.8, 4) is 11.5 Å². The van der Waals surface area contributed by atoms with Gasteiger partial charge in [-0.1, -0.05) is 6.07 Å². The zero-order chi connectivity index (χ0) is 20.6. The SMILES string of the molecule is COc1cccc(NC(=O)COc2ccc(C(=O)NC3CCCNC3C)cc2)c1. The lowest BCUT2D eigenvalue weighted by molar-refractivity contribution is -0.118. The zero-order valence-corrected chi connectivity index (χ0v) is 16.7. The molecule has 0 aliphatic carbocycles. The van der Waals surface area contributed by atoms with Crippen LogP contribution in [-0.2, 0) is 4.79 Å². The highest BCUT2D eigenvalue weighted by molar-refractivity contribution is 5.94. The number of amides is 2. The third kappa shape index (κ3) is 5.96. The maximum absolute atomic E-state index is 12.4. The van der Waals surface area contributed by atoms with E-state index in [9.17, 15) is 9.59 Å². The topological polar surface area (TPSA) is 88.7 Å². The molecule has 2 aromatic rings. The number of methoxy groups -OCH3 is 1. The zero-order valence-electron chi connectivity index (χ0n) is 16.7. The van der Waals surface area contributed by atoms with Crippen molar-refractivity contribution in [3.63, 3.8) is 0 Å². The summed E-state index contributed by atoms with van der Waals surface area (Å²) in [5.41, 5.74) is 1.20. The summed E-state index contributed by atoms with van der Waals surface area (Å²) in [5, 5.41) is 9.20. The van der Waals surface area contributed by atoms with Crippen LogP contribution in [0.4, 0.5) is 5.69 Å². The molecule has 1 heterocycles. The number of hydrogen-bond acceptors (Lipinski definition) is 5. The van der Waals surface area contributed by atoms with E-state index in [1.165, 1.54) is 0 Å². The van der Waals surface area contributed by atoms with Crippen molar-refractivity contribution >= 4 is 17.5 Å². The van der Waals surface area contributed by atoms with Gasteiger partial charge in [-0.2, -0.15) is 0 Å². The molecular formula is C22H27N3O4. The molecule has 0 saturated carbocycles. The molecule has 2 amide bonds. The van der Waals surface area contributed by atoms with E-state index in [2.05, 4.69) is 22.9 Å². The van der Waals surface area contributed by atoms with Gasteiger partial charge in [0.1, 0.15) is 11.5 Å². The summed E-state index contributed by atoms with van der Waals surface area (Å²) in [6.07, 6.45) is 2.03. The van der Waals surface area contributed by atoms with E-state index in [1.807, 2.05) is 0 Å². The molecule has 3 rings (SSSR count). The third-order valence-electron chi connectivity index (χ3n) is 4.92. The molecule has 1 aliphatic rings. The van der Waals surface area contributed by atoms with E-state index < -0.39 is 0 Å². The lowest BCUT2D eigenvalue weighted by Crippen LogP contribution is -2.51. The van der Waals surface area contributed by atoms with Crippen molar-refractivity contribution in [3.05, 3.63) is 54.1 Å². The molecule has 0 radical (unpaired) electrons. The molecule has 7 nitrogen and oxygen atoms in total. The molecule has 29 heavy (non-hydrogen) atoms. The van der Waals surface area contributed by atoms with Gasteiger partial charge in [0, 0.05) is 29.4 Å². The molecule has 7 heteroatoms. The Balaban J connectivity index is 1.48. The van der Waals surface area contributed by atoms with Crippen LogP contribution in [0.5, 0.6) is 11.5 Å². The Labute approximate surface area is 170 Å². The first-order valence-electron chi connectivity index (χ1n) is 9.76. The Morgan fingerprint density at radius 1 is 1.14 bits per heavy atom. The van der Waals surface area contributed by atoms with Gasteiger partial charge in [0.15, 0.2) is 6.61 Å². The number of rotatable bonds is 7. The van der Waals surface area contributed by atoms with Gasteiger partial charge in [0.2, 0.25) is 0 Å². The Morgan fingerprint density at radius 2 is 1.93 bits per heavy atom. The second-order valence-corrected chi connectivity index (χ2v) is 7.06. The Bertz CT molecular complexity index is 838. The average molecular weight is 397 g/mol. The highest BCUT2D eigenvalue weighted by Crippen LogP contribution is 2.17.